The molecule has 2 aliphatic rings. The van der Waals surface area contributed by atoms with Crippen molar-refractivity contribution in [1.82, 2.24) is 0 Å². The summed E-state index contributed by atoms with van der Waals surface area (Å²) in [5.74, 6) is -0.468. The van der Waals surface area contributed by atoms with Crippen LogP contribution < -0.4 is 5.14 Å². The first-order valence-electron chi connectivity index (χ1n) is 10.4. The van der Waals surface area contributed by atoms with Crippen molar-refractivity contribution in [3.05, 3.63) is 101 Å². The molecule has 0 saturated heterocycles. The van der Waals surface area contributed by atoms with Crippen LogP contribution in [0.5, 0.6) is 0 Å². The Labute approximate surface area is 191 Å². The molecule has 1 fully saturated rings. The highest BCUT2D eigenvalue weighted by Crippen LogP contribution is 2.56. The monoisotopic (exact) mass is 453 g/mol. The summed E-state index contributed by atoms with van der Waals surface area (Å²) < 4.78 is 22.1. The molecule has 6 heteroatoms. The molecule has 0 bridgehead atoms. The Balaban J connectivity index is 0.000000233. The fourth-order valence-electron chi connectivity index (χ4n) is 3.25. The van der Waals surface area contributed by atoms with Crippen molar-refractivity contribution >= 4 is 21.6 Å². The Hall–Kier alpha value is -2.96. The Bertz CT molecular complexity index is 1120. The molecule has 0 heterocycles. The van der Waals surface area contributed by atoms with Crippen LogP contribution in [-0.2, 0) is 14.8 Å². The van der Waals surface area contributed by atoms with Crippen molar-refractivity contribution in [3.63, 3.8) is 0 Å². The average molecular weight is 454 g/mol. The summed E-state index contributed by atoms with van der Waals surface area (Å²) in [5.41, 5.74) is 3.63. The molecule has 0 radical (unpaired) electrons. The van der Waals surface area contributed by atoms with Crippen molar-refractivity contribution in [2.45, 2.75) is 33.6 Å². The lowest BCUT2D eigenvalue weighted by Gasteiger charge is -2.04. The molecular formula is C26H31NO4S. The van der Waals surface area contributed by atoms with Crippen molar-refractivity contribution in [2.24, 2.45) is 16.5 Å². The highest BCUT2D eigenvalue weighted by molar-refractivity contribution is 7.93. The Kier molecular flexibility index (Phi) is 8.36. The maximum absolute atomic E-state index is 11.1. The molecule has 2 unspecified atom stereocenters. The topological polar surface area (TPSA) is 97.5 Å². The molecule has 1 saturated carbocycles. The van der Waals surface area contributed by atoms with Crippen LogP contribution in [0.4, 0.5) is 0 Å². The largest absolute Gasteiger partial charge is 0.481 e. The van der Waals surface area contributed by atoms with Gasteiger partial charge in [-0.05, 0) is 56.4 Å². The maximum atomic E-state index is 11.1. The summed E-state index contributed by atoms with van der Waals surface area (Å²) in [4.78, 5) is 11.1. The highest BCUT2D eigenvalue weighted by Gasteiger charge is 2.57. The van der Waals surface area contributed by atoms with Gasteiger partial charge in [0.15, 0.2) is 0 Å². The van der Waals surface area contributed by atoms with Crippen molar-refractivity contribution in [3.8, 4) is 0 Å². The summed E-state index contributed by atoms with van der Waals surface area (Å²) in [6.45, 7) is 9.01. The number of primary sulfonamides is 1. The van der Waals surface area contributed by atoms with E-state index in [4.69, 9.17) is 10.2 Å². The number of nitrogens with two attached hydrogens (primary N) is 1. The van der Waals surface area contributed by atoms with Gasteiger partial charge in [-0.25, -0.2) is 13.6 Å². The van der Waals surface area contributed by atoms with E-state index in [-0.39, 0.29) is 10.8 Å². The number of hydrogen-bond donors (Lipinski definition) is 2. The number of hydrogen-bond acceptors (Lipinski definition) is 3. The van der Waals surface area contributed by atoms with Crippen molar-refractivity contribution < 1.29 is 18.3 Å². The van der Waals surface area contributed by atoms with Crippen molar-refractivity contribution in [2.75, 3.05) is 0 Å². The standard InChI is InChI=1S/C14H17NO2S.C12H14O2/c1-4-13(10-7-12(3)18(15,16)17)14-8-5-11(2)6-9-14;1-12(11(13)14)8-10(12)9-6-4-2-3-5-7-9/h4-10H,1H2,2-3H3,(H2,15,16,17);2,4-7,10H,3,8H2,1H3,(H,13,14)/b12-7+,13-10+;. The molecule has 2 aliphatic carbocycles. The van der Waals surface area contributed by atoms with Crippen LogP contribution in [0, 0.1) is 18.3 Å². The average Bonchev–Trinajstić information content (AvgIpc) is 3.48. The molecule has 32 heavy (non-hydrogen) atoms. The lowest BCUT2D eigenvalue weighted by atomic mass is 10.0. The molecule has 0 aromatic heterocycles. The SMILES string of the molecule is C=C/C(=C\C=C(/C)S(N)(=O)=O)c1ccc(C)cc1.CC1(C(=O)O)CC1C1=CC=CCC=C1. The van der Waals surface area contributed by atoms with Gasteiger partial charge in [0, 0.05) is 5.92 Å². The number of allylic oxidation sites excluding steroid dienone is 11. The number of rotatable bonds is 6. The fourth-order valence-corrected chi connectivity index (χ4v) is 3.50. The number of aryl methyl sites for hydroxylation is 1. The van der Waals surface area contributed by atoms with Crippen LogP contribution >= 0.6 is 0 Å². The lowest BCUT2D eigenvalue weighted by Crippen LogP contribution is -2.13. The molecule has 3 rings (SSSR count). The van der Waals surface area contributed by atoms with Crippen LogP contribution in [-0.4, -0.2) is 19.5 Å². The second kappa shape index (κ2) is 10.6. The van der Waals surface area contributed by atoms with Crippen LogP contribution in [0.1, 0.15) is 37.8 Å². The third-order valence-electron chi connectivity index (χ3n) is 5.69. The van der Waals surface area contributed by atoms with E-state index in [2.05, 4.69) is 24.8 Å². The van der Waals surface area contributed by atoms with Gasteiger partial charge >= 0.3 is 5.97 Å². The minimum Gasteiger partial charge on any atom is -0.481 e. The molecule has 0 spiro atoms. The zero-order valence-electron chi connectivity index (χ0n) is 18.8. The summed E-state index contributed by atoms with van der Waals surface area (Å²) in [7, 11) is -3.61. The van der Waals surface area contributed by atoms with E-state index in [0.29, 0.717) is 0 Å². The Morgan fingerprint density at radius 2 is 1.88 bits per heavy atom. The predicted octanol–water partition coefficient (Wildman–Crippen LogP) is 5.30. The van der Waals surface area contributed by atoms with Gasteiger partial charge in [0.25, 0.3) is 0 Å². The highest BCUT2D eigenvalue weighted by atomic mass is 32.2. The van der Waals surface area contributed by atoms with Crippen LogP contribution in [0.15, 0.2) is 89.9 Å². The first-order valence-corrected chi connectivity index (χ1v) is 11.9. The van der Waals surface area contributed by atoms with E-state index in [1.165, 1.54) is 18.6 Å². The zero-order chi connectivity index (χ0) is 23.9. The molecule has 0 amide bonds. The number of carboxylic acids is 1. The molecule has 0 aliphatic heterocycles. The van der Waals surface area contributed by atoms with Gasteiger partial charge in [0.1, 0.15) is 0 Å². The van der Waals surface area contributed by atoms with Gasteiger partial charge in [-0.1, -0.05) is 78.9 Å². The second-order valence-electron chi connectivity index (χ2n) is 8.23. The Morgan fingerprint density at radius 1 is 1.22 bits per heavy atom. The lowest BCUT2D eigenvalue weighted by molar-refractivity contribution is -0.143. The molecule has 1 aromatic carbocycles. The minimum absolute atomic E-state index is 0.119. The normalized spacial score (nSPS) is 22.9. The summed E-state index contributed by atoms with van der Waals surface area (Å²) >= 11 is 0. The maximum Gasteiger partial charge on any atom is 0.309 e. The molecule has 5 nitrogen and oxygen atoms in total. The first kappa shape index (κ1) is 25.3. The van der Waals surface area contributed by atoms with Crippen LogP contribution in [0.25, 0.3) is 5.57 Å². The summed E-state index contributed by atoms with van der Waals surface area (Å²) in [5, 5.41) is 14.0. The van der Waals surface area contributed by atoms with Gasteiger partial charge in [-0.3, -0.25) is 4.79 Å². The first-order chi connectivity index (χ1) is 15.0. The van der Waals surface area contributed by atoms with E-state index in [0.717, 1.165) is 29.6 Å². The van der Waals surface area contributed by atoms with Gasteiger partial charge in [0.2, 0.25) is 10.0 Å². The van der Waals surface area contributed by atoms with Crippen LogP contribution in [0.2, 0.25) is 0 Å². The molecule has 3 N–H and O–H groups in total. The van der Waals surface area contributed by atoms with E-state index in [9.17, 15) is 13.2 Å². The molecule has 170 valence electrons. The summed E-state index contributed by atoms with van der Waals surface area (Å²) in [6, 6.07) is 7.90. The number of benzene rings is 1. The van der Waals surface area contributed by atoms with Crippen molar-refractivity contribution in [1.29, 1.82) is 0 Å². The molecule has 2 atom stereocenters. The quantitative estimate of drug-likeness (QED) is 0.571. The Morgan fingerprint density at radius 3 is 2.41 bits per heavy atom. The number of carboxylic acid groups (broad SMARTS) is 1. The third kappa shape index (κ3) is 6.77. The molecule has 1 aromatic rings. The predicted molar refractivity (Wildman–Crippen MR) is 131 cm³/mol. The second-order valence-corrected chi connectivity index (χ2v) is 9.96. The van der Waals surface area contributed by atoms with E-state index < -0.39 is 21.4 Å². The van der Waals surface area contributed by atoms with Gasteiger partial charge in [-0.15, -0.1) is 0 Å². The van der Waals surface area contributed by atoms with E-state index in [1.807, 2.05) is 50.3 Å². The van der Waals surface area contributed by atoms with Gasteiger partial charge in [0.05, 0.1) is 10.3 Å². The van der Waals surface area contributed by atoms with Crippen LogP contribution in [0.3, 0.4) is 0 Å². The third-order valence-corrected chi connectivity index (χ3v) is 6.72. The minimum atomic E-state index is -3.61. The summed E-state index contributed by atoms with van der Waals surface area (Å²) in [6.07, 6.45) is 16.8. The van der Waals surface area contributed by atoms with Gasteiger partial charge < -0.3 is 5.11 Å². The van der Waals surface area contributed by atoms with E-state index >= 15 is 0 Å². The number of sulfonamides is 1. The number of carbonyl (C=O) groups is 1. The van der Waals surface area contributed by atoms with Gasteiger partial charge in [-0.2, -0.15) is 0 Å². The number of aliphatic carboxylic acids is 1. The molecular weight excluding hydrogens is 422 g/mol. The van der Waals surface area contributed by atoms with E-state index in [1.54, 1.807) is 12.2 Å². The zero-order valence-corrected chi connectivity index (χ0v) is 19.6. The fraction of sp³-hybridized carbons (Fsp3) is 0.269. The smallest absolute Gasteiger partial charge is 0.309 e.